The van der Waals surface area contributed by atoms with E-state index in [9.17, 15) is 9.59 Å². The molecule has 0 aliphatic rings. The van der Waals surface area contributed by atoms with Crippen molar-refractivity contribution >= 4 is 27.8 Å². The van der Waals surface area contributed by atoms with Crippen LogP contribution in [0.3, 0.4) is 0 Å². The van der Waals surface area contributed by atoms with E-state index in [1.165, 1.54) is 4.90 Å². The first kappa shape index (κ1) is 16.2. The Labute approximate surface area is 135 Å². The smallest absolute Gasteiger partial charge is 0.323 e. The van der Waals surface area contributed by atoms with Crippen LogP contribution in [-0.2, 0) is 11.3 Å². The number of aryl methyl sites for hydroxylation is 2. The van der Waals surface area contributed by atoms with Gasteiger partial charge in [0, 0.05) is 17.9 Å². The Morgan fingerprint density at radius 1 is 1.36 bits per heavy atom. The predicted octanol–water partition coefficient (Wildman–Crippen LogP) is 2.78. The molecule has 0 aliphatic carbocycles. The van der Waals surface area contributed by atoms with Gasteiger partial charge in [0.25, 0.3) is 5.91 Å². The summed E-state index contributed by atoms with van der Waals surface area (Å²) in [4.78, 5) is 28.8. The van der Waals surface area contributed by atoms with E-state index in [1.54, 1.807) is 13.8 Å². The monoisotopic (exact) mass is 366 g/mol. The molecule has 22 heavy (non-hydrogen) atoms. The number of hydrogen-bond acceptors (Lipinski definition) is 4. The lowest BCUT2D eigenvalue weighted by atomic mass is 10.2. The largest absolute Gasteiger partial charge is 0.480 e. The van der Waals surface area contributed by atoms with Gasteiger partial charge in [-0.1, -0.05) is 28.1 Å². The molecular formula is C15H15BrN2O4. The van der Waals surface area contributed by atoms with Crippen molar-refractivity contribution in [3.8, 4) is 0 Å². The molecule has 2 rings (SSSR count). The molecule has 1 heterocycles. The summed E-state index contributed by atoms with van der Waals surface area (Å²) in [7, 11) is 0. The van der Waals surface area contributed by atoms with Crippen molar-refractivity contribution in [2.24, 2.45) is 0 Å². The van der Waals surface area contributed by atoms with Crippen LogP contribution < -0.4 is 0 Å². The minimum atomic E-state index is -1.09. The third-order valence-electron chi connectivity index (χ3n) is 2.97. The van der Waals surface area contributed by atoms with Crippen molar-refractivity contribution in [1.82, 2.24) is 9.88 Å². The standard InChI is InChI=1S/C15H15BrN2O4/c1-9-14(22-10(2)17-9)15(21)18(8-13(19)20)7-11-4-3-5-12(16)6-11/h3-6H,7-8H2,1-2H3,(H,19,20). The van der Waals surface area contributed by atoms with Gasteiger partial charge in [-0.25, -0.2) is 4.98 Å². The molecule has 1 aromatic carbocycles. The molecule has 0 fully saturated rings. The van der Waals surface area contributed by atoms with E-state index in [1.807, 2.05) is 24.3 Å². The lowest BCUT2D eigenvalue weighted by molar-refractivity contribution is -0.137. The number of aromatic nitrogens is 1. The number of carbonyl (C=O) groups excluding carboxylic acids is 1. The SMILES string of the molecule is Cc1nc(C)c(C(=O)N(CC(=O)O)Cc2cccc(Br)c2)o1. The van der Waals surface area contributed by atoms with E-state index in [4.69, 9.17) is 9.52 Å². The Kier molecular flexibility index (Phi) is 4.97. The van der Waals surface area contributed by atoms with Crippen LogP contribution in [0.15, 0.2) is 33.2 Å². The summed E-state index contributed by atoms with van der Waals surface area (Å²) < 4.78 is 6.16. The van der Waals surface area contributed by atoms with E-state index in [0.29, 0.717) is 11.6 Å². The van der Waals surface area contributed by atoms with Crippen LogP contribution in [0.25, 0.3) is 0 Å². The molecular weight excluding hydrogens is 352 g/mol. The second-order valence-electron chi connectivity index (χ2n) is 4.83. The third kappa shape index (κ3) is 3.94. The Hall–Kier alpha value is -2.15. The molecule has 0 aliphatic heterocycles. The Morgan fingerprint density at radius 3 is 2.64 bits per heavy atom. The lowest BCUT2D eigenvalue weighted by Gasteiger charge is -2.20. The summed E-state index contributed by atoms with van der Waals surface area (Å²) >= 11 is 3.35. The second kappa shape index (κ2) is 6.74. The van der Waals surface area contributed by atoms with Crippen molar-refractivity contribution in [2.45, 2.75) is 20.4 Å². The quantitative estimate of drug-likeness (QED) is 0.879. The molecule has 6 nitrogen and oxygen atoms in total. The zero-order chi connectivity index (χ0) is 16.3. The van der Waals surface area contributed by atoms with Crippen molar-refractivity contribution in [3.63, 3.8) is 0 Å². The normalized spacial score (nSPS) is 10.5. The summed E-state index contributed by atoms with van der Waals surface area (Å²) in [6.45, 7) is 3.05. The van der Waals surface area contributed by atoms with Gasteiger partial charge >= 0.3 is 5.97 Å². The average molecular weight is 367 g/mol. The van der Waals surface area contributed by atoms with E-state index in [2.05, 4.69) is 20.9 Å². The zero-order valence-electron chi connectivity index (χ0n) is 12.2. The molecule has 7 heteroatoms. The maximum Gasteiger partial charge on any atom is 0.323 e. The number of carboxylic acids is 1. The van der Waals surface area contributed by atoms with Gasteiger partial charge in [-0.05, 0) is 24.6 Å². The molecule has 0 spiro atoms. The van der Waals surface area contributed by atoms with Crippen LogP contribution >= 0.6 is 15.9 Å². The van der Waals surface area contributed by atoms with Crippen molar-refractivity contribution in [3.05, 3.63) is 51.6 Å². The van der Waals surface area contributed by atoms with Crippen molar-refractivity contribution in [2.75, 3.05) is 6.54 Å². The molecule has 2 aromatic rings. The Balaban J connectivity index is 2.27. The summed E-state index contributed by atoms with van der Waals surface area (Å²) in [5.74, 6) is -1.12. The van der Waals surface area contributed by atoms with E-state index in [-0.39, 0.29) is 12.3 Å². The van der Waals surface area contributed by atoms with Gasteiger partial charge in [0.15, 0.2) is 5.89 Å². The van der Waals surface area contributed by atoms with Gasteiger partial charge in [0.2, 0.25) is 5.76 Å². The van der Waals surface area contributed by atoms with Crippen LogP contribution in [0.4, 0.5) is 0 Å². The average Bonchev–Trinajstić information content (AvgIpc) is 2.75. The number of nitrogens with zero attached hydrogens (tertiary/aromatic N) is 2. The highest BCUT2D eigenvalue weighted by atomic mass is 79.9. The number of oxazole rings is 1. The second-order valence-corrected chi connectivity index (χ2v) is 5.75. The van der Waals surface area contributed by atoms with Crippen molar-refractivity contribution in [1.29, 1.82) is 0 Å². The molecule has 0 bridgehead atoms. The van der Waals surface area contributed by atoms with Gasteiger partial charge in [-0.15, -0.1) is 0 Å². The third-order valence-corrected chi connectivity index (χ3v) is 3.47. The molecule has 0 radical (unpaired) electrons. The molecule has 0 unspecified atom stereocenters. The van der Waals surface area contributed by atoms with Crippen LogP contribution in [0.1, 0.15) is 27.7 Å². The van der Waals surface area contributed by atoms with E-state index >= 15 is 0 Å². The lowest BCUT2D eigenvalue weighted by Crippen LogP contribution is -2.35. The number of hydrogen-bond donors (Lipinski definition) is 1. The number of rotatable bonds is 5. The minimum absolute atomic E-state index is 0.0775. The van der Waals surface area contributed by atoms with Gasteiger partial charge in [0.1, 0.15) is 6.54 Å². The van der Waals surface area contributed by atoms with Crippen LogP contribution in [0.5, 0.6) is 0 Å². The summed E-state index contributed by atoms with van der Waals surface area (Å²) in [5.41, 5.74) is 1.27. The number of aliphatic carboxylic acids is 1. The molecule has 0 saturated carbocycles. The van der Waals surface area contributed by atoms with E-state index in [0.717, 1.165) is 10.0 Å². The number of benzene rings is 1. The molecule has 0 saturated heterocycles. The Morgan fingerprint density at radius 2 is 2.09 bits per heavy atom. The van der Waals surface area contributed by atoms with Crippen LogP contribution in [0, 0.1) is 13.8 Å². The zero-order valence-corrected chi connectivity index (χ0v) is 13.8. The minimum Gasteiger partial charge on any atom is -0.480 e. The topological polar surface area (TPSA) is 83.6 Å². The summed E-state index contributed by atoms with van der Waals surface area (Å²) in [5, 5.41) is 9.04. The fourth-order valence-corrected chi connectivity index (χ4v) is 2.54. The number of carboxylic acid groups (broad SMARTS) is 1. The highest BCUT2D eigenvalue weighted by Gasteiger charge is 2.24. The summed E-state index contributed by atoms with van der Waals surface area (Å²) in [6, 6.07) is 7.34. The Bertz CT molecular complexity index is 711. The van der Waals surface area contributed by atoms with Crippen LogP contribution in [-0.4, -0.2) is 33.4 Å². The molecule has 1 N–H and O–H groups in total. The molecule has 0 atom stereocenters. The molecule has 1 aromatic heterocycles. The van der Waals surface area contributed by atoms with Gasteiger partial charge in [-0.2, -0.15) is 0 Å². The molecule has 116 valence electrons. The fraction of sp³-hybridized carbons (Fsp3) is 0.267. The maximum atomic E-state index is 12.5. The van der Waals surface area contributed by atoms with Gasteiger partial charge < -0.3 is 14.4 Å². The first-order valence-electron chi connectivity index (χ1n) is 6.56. The summed E-state index contributed by atoms with van der Waals surface area (Å²) in [6.07, 6.45) is 0. The number of carbonyl (C=O) groups is 2. The van der Waals surface area contributed by atoms with Crippen molar-refractivity contribution < 1.29 is 19.1 Å². The number of halogens is 1. The van der Waals surface area contributed by atoms with E-state index < -0.39 is 18.4 Å². The first-order chi connectivity index (χ1) is 10.4. The predicted molar refractivity (Wildman–Crippen MR) is 82.5 cm³/mol. The number of amides is 1. The van der Waals surface area contributed by atoms with Crippen LogP contribution in [0.2, 0.25) is 0 Å². The highest BCUT2D eigenvalue weighted by molar-refractivity contribution is 9.10. The fourth-order valence-electron chi connectivity index (χ4n) is 2.09. The molecule has 1 amide bonds. The van der Waals surface area contributed by atoms with Gasteiger partial charge in [0.05, 0.1) is 5.69 Å². The van der Waals surface area contributed by atoms with Gasteiger partial charge in [-0.3, -0.25) is 9.59 Å². The maximum absolute atomic E-state index is 12.5. The highest BCUT2D eigenvalue weighted by Crippen LogP contribution is 2.17. The first-order valence-corrected chi connectivity index (χ1v) is 7.35.